The van der Waals surface area contributed by atoms with Crippen LogP contribution >= 0.6 is 11.6 Å². The summed E-state index contributed by atoms with van der Waals surface area (Å²) in [5.41, 5.74) is 1.36. The van der Waals surface area contributed by atoms with Crippen LogP contribution in [0, 0.1) is 0 Å². The highest BCUT2D eigenvalue weighted by Crippen LogP contribution is 2.19. The minimum Gasteiger partial charge on any atom is -0.352 e. The molecule has 7 heteroatoms. The number of unbranched alkanes of at least 4 members (excludes halogenated alkanes) is 1. The number of rotatable bonds is 8. The summed E-state index contributed by atoms with van der Waals surface area (Å²) in [6.45, 7) is 2.93. The van der Waals surface area contributed by atoms with Crippen molar-refractivity contribution in [2.24, 2.45) is 0 Å². The molecule has 0 unspecified atom stereocenters. The number of halogens is 1. The van der Waals surface area contributed by atoms with Gasteiger partial charge in [-0.2, -0.15) is 4.31 Å². The van der Waals surface area contributed by atoms with Crippen LogP contribution in [0.2, 0.25) is 5.02 Å². The van der Waals surface area contributed by atoms with E-state index in [1.165, 1.54) is 23.5 Å². The van der Waals surface area contributed by atoms with Gasteiger partial charge < -0.3 is 5.32 Å². The first kappa shape index (κ1) is 20.4. The number of sulfonamides is 1. The zero-order chi connectivity index (χ0) is 19.2. The molecular formula is C19H23ClN2O3S. The third kappa shape index (κ3) is 5.30. The van der Waals surface area contributed by atoms with Gasteiger partial charge in [-0.25, -0.2) is 8.42 Å². The fraction of sp³-hybridized carbons (Fsp3) is 0.316. The first-order valence-electron chi connectivity index (χ1n) is 8.43. The van der Waals surface area contributed by atoms with Gasteiger partial charge in [-0.3, -0.25) is 4.79 Å². The number of benzene rings is 2. The van der Waals surface area contributed by atoms with Crippen molar-refractivity contribution in [1.29, 1.82) is 0 Å². The molecule has 0 saturated heterocycles. The first-order valence-corrected chi connectivity index (χ1v) is 10.3. The average Bonchev–Trinajstić information content (AvgIpc) is 2.62. The Morgan fingerprint density at radius 2 is 1.69 bits per heavy atom. The van der Waals surface area contributed by atoms with Gasteiger partial charge in [-0.05, 0) is 48.4 Å². The molecule has 0 fully saturated rings. The molecule has 0 bridgehead atoms. The zero-order valence-corrected chi connectivity index (χ0v) is 16.5. The summed E-state index contributed by atoms with van der Waals surface area (Å²) in [7, 11) is -2.08. The van der Waals surface area contributed by atoms with E-state index in [9.17, 15) is 13.2 Å². The molecule has 2 aromatic carbocycles. The summed E-state index contributed by atoms with van der Waals surface area (Å²) in [6.07, 6.45) is 1.96. The van der Waals surface area contributed by atoms with Crippen molar-refractivity contribution in [1.82, 2.24) is 9.62 Å². The van der Waals surface area contributed by atoms with Gasteiger partial charge in [0.05, 0.1) is 4.90 Å². The molecule has 0 heterocycles. The molecule has 0 aromatic heterocycles. The Kier molecular flexibility index (Phi) is 7.20. The van der Waals surface area contributed by atoms with Crippen molar-refractivity contribution in [2.75, 3.05) is 13.6 Å². The van der Waals surface area contributed by atoms with Gasteiger partial charge in [-0.15, -0.1) is 0 Å². The molecule has 0 aliphatic rings. The SMILES string of the molecule is CCCCNC(=O)c1ccc(CN(C)S(=O)(=O)c2ccc(Cl)cc2)cc1. The number of hydrogen-bond acceptors (Lipinski definition) is 3. The second kappa shape index (κ2) is 9.16. The van der Waals surface area contributed by atoms with Crippen molar-refractivity contribution in [3.8, 4) is 0 Å². The fourth-order valence-corrected chi connectivity index (χ4v) is 3.66. The van der Waals surface area contributed by atoms with Gasteiger partial charge in [-0.1, -0.05) is 37.1 Å². The fourth-order valence-electron chi connectivity index (χ4n) is 2.37. The summed E-state index contributed by atoms with van der Waals surface area (Å²) < 4.78 is 26.4. The maximum Gasteiger partial charge on any atom is 0.251 e. The summed E-state index contributed by atoms with van der Waals surface area (Å²) >= 11 is 5.81. The Bertz CT molecular complexity index is 834. The Labute approximate surface area is 160 Å². The molecule has 0 saturated carbocycles. The average molecular weight is 395 g/mol. The molecule has 140 valence electrons. The van der Waals surface area contributed by atoms with Crippen molar-refractivity contribution in [3.05, 3.63) is 64.7 Å². The van der Waals surface area contributed by atoms with Crippen LogP contribution in [0.1, 0.15) is 35.7 Å². The van der Waals surface area contributed by atoms with E-state index in [1.807, 2.05) is 0 Å². The first-order chi connectivity index (χ1) is 12.3. The van der Waals surface area contributed by atoms with E-state index in [4.69, 9.17) is 11.6 Å². The van der Waals surface area contributed by atoms with Crippen LogP contribution in [0.15, 0.2) is 53.4 Å². The van der Waals surface area contributed by atoms with Gasteiger partial charge >= 0.3 is 0 Å². The highest BCUT2D eigenvalue weighted by molar-refractivity contribution is 7.89. The minimum atomic E-state index is -3.60. The predicted molar refractivity (Wildman–Crippen MR) is 104 cm³/mol. The number of hydrogen-bond donors (Lipinski definition) is 1. The van der Waals surface area contributed by atoms with Crippen LogP contribution in [0.4, 0.5) is 0 Å². The number of carbonyl (C=O) groups is 1. The van der Waals surface area contributed by atoms with Gasteiger partial charge in [0, 0.05) is 30.7 Å². The van der Waals surface area contributed by atoms with E-state index in [1.54, 1.807) is 36.4 Å². The molecule has 2 aromatic rings. The summed E-state index contributed by atoms with van der Waals surface area (Å²) in [5.74, 6) is -0.118. The molecule has 1 amide bonds. The molecule has 0 atom stereocenters. The van der Waals surface area contributed by atoms with Crippen molar-refractivity contribution in [3.63, 3.8) is 0 Å². The van der Waals surface area contributed by atoms with Gasteiger partial charge in [0.2, 0.25) is 10.0 Å². The number of amides is 1. The van der Waals surface area contributed by atoms with Crippen LogP contribution in [0.5, 0.6) is 0 Å². The molecule has 0 aliphatic heterocycles. The number of carbonyl (C=O) groups excluding carboxylic acids is 1. The van der Waals surface area contributed by atoms with Gasteiger partial charge in [0.25, 0.3) is 5.91 Å². The Morgan fingerprint density at radius 1 is 1.08 bits per heavy atom. The molecular weight excluding hydrogens is 372 g/mol. The monoisotopic (exact) mass is 394 g/mol. The molecule has 0 spiro atoms. The topological polar surface area (TPSA) is 66.5 Å². The zero-order valence-electron chi connectivity index (χ0n) is 14.9. The van der Waals surface area contributed by atoms with Gasteiger partial charge in [0.1, 0.15) is 0 Å². The lowest BCUT2D eigenvalue weighted by molar-refractivity contribution is 0.0953. The number of nitrogens with one attached hydrogen (secondary N) is 1. The van der Waals surface area contributed by atoms with E-state index in [-0.39, 0.29) is 17.3 Å². The lowest BCUT2D eigenvalue weighted by atomic mass is 10.1. The van der Waals surface area contributed by atoms with Crippen molar-refractivity contribution < 1.29 is 13.2 Å². The third-order valence-corrected chi connectivity index (χ3v) is 6.03. The van der Waals surface area contributed by atoms with Crippen molar-refractivity contribution >= 4 is 27.5 Å². The van der Waals surface area contributed by atoms with E-state index in [0.29, 0.717) is 17.1 Å². The van der Waals surface area contributed by atoms with Crippen LogP contribution < -0.4 is 5.32 Å². The molecule has 1 N–H and O–H groups in total. The highest BCUT2D eigenvalue weighted by Gasteiger charge is 2.20. The van der Waals surface area contributed by atoms with Crippen LogP contribution in [0.25, 0.3) is 0 Å². The van der Waals surface area contributed by atoms with Crippen LogP contribution in [-0.4, -0.2) is 32.2 Å². The summed E-state index contributed by atoms with van der Waals surface area (Å²) in [5, 5.41) is 3.34. The maximum absolute atomic E-state index is 12.6. The van der Waals surface area contributed by atoms with Gasteiger partial charge in [0.15, 0.2) is 0 Å². The number of nitrogens with zero attached hydrogens (tertiary/aromatic N) is 1. The lowest BCUT2D eigenvalue weighted by Crippen LogP contribution is -2.26. The molecule has 0 radical (unpaired) electrons. The van der Waals surface area contributed by atoms with E-state index < -0.39 is 10.0 Å². The summed E-state index contributed by atoms with van der Waals surface area (Å²) in [6, 6.07) is 13.0. The standard InChI is InChI=1S/C19H23ClN2O3S/c1-3-4-13-21-19(23)16-7-5-15(6-8-16)14-22(2)26(24,25)18-11-9-17(20)10-12-18/h5-12H,3-4,13-14H2,1-2H3,(H,21,23). The smallest absolute Gasteiger partial charge is 0.251 e. The molecule has 5 nitrogen and oxygen atoms in total. The summed E-state index contributed by atoms with van der Waals surface area (Å²) in [4.78, 5) is 12.2. The molecule has 2 rings (SSSR count). The largest absolute Gasteiger partial charge is 0.352 e. The van der Waals surface area contributed by atoms with E-state index >= 15 is 0 Å². The van der Waals surface area contributed by atoms with E-state index in [2.05, 4.69) is 12.2 Å². The second-order valence-corrected chi connectivity index (χ2v) is 8.50. The highest BCUT2D eigenvalue weighted by atomic mass is 35.5. The minimum absolute atomic E-state index is 0.118. The lowest BCUT2D eigenvalue weighted by Gasteiger charge is -2.17. The quantitative estimate of drug-likeness (QED) is 0.694. The van der Waals surface area contributed by atoms with Crippen molar-refractivity contribution in [2.45, 2.75) is 31.2 Å². The van der Waals surface area contributed by atoms with E-state index in [0.717, 1.165) is 18.4 Å². The van der Waals surface area contributed by atoms with Crippen LogP contribution in [-0.2, 0) is 16.6 Å². The Balaban J connectivity index is 2.03. The molecule has 26 heavy (non-hydrogen) atoms. The normalized spacial score (nSPS) is 11.5. The maximum atomic E-state index is 12.6. The Morgan fingerprint density at radius 3 is 2.27 bits per heavy atom. The molecule has 0 aliphatic carbocycles. The third-order valence-electron chi connectivity index (χ3n) is 3.96. The second-order valence-electron chi connectivity index (χ2n) is 6.02. The Hall–Kier alpha value is -1.89. The van der Waals surface area contributed by atoms with Crippen LogP contribution in [0.3, 0.4) is 0 Å². The predicted octanol–water partition coefficient (Wildman–Crippen LogP) is 3.69.